The van der Waals surface area contributed by atoms with Crippen molar-refractivity contribution in [2.75, 3.05) is 38.6 Å². The number of rotatable bonds is 8. The number of hydrogen-bond acceptors (Lipinski definition) is 7. The van der Waals surface area contributed by atoms with Crippen LogP contribution in [0, 0.1) is 5.92 Å². The summed E-state index contributed by atoms with van der Waals surface area (Å²) in [6, 6.07) is 10.7. The third-order valence-corrected chi connectivity index (χ3v) is 7.34. The predicted octanol–water partition coefficient (Wildman–Crippen LogP) is 1.86. The summed E-state index contributed by atoms with van der Waals surface area (Å²) >= 11 is 0. The number of anilines is 1. The van der Waals surface area contributed by atoms with Gasteiger partial charge in [0.25, 0.3) is 10.0 Å². The number of fused-ring (bicyclic) bond motifs is 1. The summed E-state index contributed by atoms with van der Waals surface area (Å²) < 4.78 is 39.7. The Morgan fingerprint density at radius 2 is 1.94 bits per heavy atom. The fourth-order valence-electron chi connectivity index (χ4n) is 3.91. The number of methoxy groups -OCH3 is 1. The van der Waals surface area contributed by atoms with E-state index < -0.39 is 10.0 Å². The number of sulfonamides is 1. The lowest BCUT2D eigenvalue weighted by Gasteiger charge is -2.32. The number of benzene rings is 2. The number of amides is 1. The molecule has 0 saturated heterocycles. The topological polar surface area (TPSA) is 117 Å². The van der Waals surface area contributed by atoms with Crippen LogP contribution in [0.1, 0.15) is 19.4 Å². The van der Waals surface area contributed by atoms with Crippen molar-refractivity contribution in [1.29, 1.82) is 0 Å². The quantitative estimate of drug-likeness (QED) is 0.516. The highest BCUT2D eigenvalue weighted by atomic mass is 32.2. The molecule has 0 bridgehead atoms. The van der Waals surface area contributed by atoms with E-state index in [1.165, 1.54) is 19.2 Å². The predicted molar refractivity (Wildman–Crippen MR) is 130 cm³/mol. The fraction of sp³-hybridized carbons (Fsp3) is 0.458. The second kappa shape index (κ2) is 11.1. The molecule has 0 saturated carbocycles. The van der Waals surface area contributed by atoms with Gasteiger partial charge in [-0.3, -0.25) is 9.52 Å². The van der Waals surface area contributed by atoms with Crippen LogP contribution < -0.4 is 19.5 Å². The summed E-state index contributed by atoms with van der Waals surface area (Å²) in [4.78, 5) is 14.9. The van der Waals surface area contributed by atoms with Gasteiger partial charge in [-0.05, 0) is 56.4 Å². The van der Waals surface area contributed by atoms with E-state index >= 15 is 0 Å². The molecule has 9 nitrogen and oxygen atoms in total. The third-order valence-electron chi connectivity index (χ3n) is 5.94. The molecule has 2 aromatic rings. The van der Waals surface area contributed by atoms with Crippen LogP contribution in [0.5, 0.6) is 11.5 Å². The van der Waals surface area contributed by atoms with E-state index in [-0.39, 0.29) is 41.9 Å². The number of likely N-dealkylation sites (N-methyl/N-ethyl adjacent to an activating group) is 1. The molecule has 0 fully saturated rings. The van der Waals surface area contributed by atoms with E-state index in [9.17, 15) is 18.3 Å². The lowest BCUT2D eigenvalue weighted by molar-refractivity contribution is -0.134. The number of aliphatic hydroxyl groups is 1. The third kappa shape index (κ3) is 5.99. The van der Waals surface area contributed by atoms with Gasteiger partial charge in [-0.2, -0.15) is 0 Å². The van der Waals surface area contributed by atoms with E-state index in [2.05, 4.69) is 10.0 Å². The lowest BCUT2D eigenvalue weighted by Crippen LogP contribution is -2.47. The van der Waals surface area contributed by atoms with Crippen LogP contribution in [0.15, 0.2) is 47.4 Å². The van der Waals surface area contributed by atoms with Gasteiger partial charge >= 0.3 is 0 Å². The van der Waals surface area contributed by atoms with Gasteiger partial charge in [0, 0.05) is 30.3 Å². The number of nitrogens with zero attached hydrogens (tertiary/aromatic N) is 1. The smallest absolute Gasteiger partial charge is 0.261 e. The summed E-state index contributed by atoms with van der Waals surface area (Å²) in [5.74, 6) is 0.938. The molecule has 34 heavy (non-hydrogen) atoms. The van der Waals surface area contributed by atoms with Crippen molar-refractivity contribution in [1.82, 2.24) is 10.2 Å². The minimum Gasteiger partial charge on any atom is -0.497 e. The molecule has 0 unspecified atom stereocenters. The lowest BCUT2D eigenvalue weighted by atomic mass is 10.0. The molecule has 3 rings (SSSR count). The van der Waals surface area contributed by atoms with Crippen molar-refractivity contribution in [3.8, 4) is 11.5 Å². The Bertz CT molecular complexity index is 1090. The first-order valence-electron chi connectivity index (χ1n) is 11.2. The number of aliphatic hydroxyl groups excluding tert-OH is 1. The first kappa shape index (κ1) is 25.8. The second-order valence-electron chi connectivity index (χ2n) is 8.55. The Kier molecular flexibility index (Phi) is 8.40. The van der Waals surface area contributed by atoms with Gasteiger partial charge in [-0.25, -0.2) is 8.42 Å². The molecule has 3 N–H and O–H groups in total. The van der Waals surface area contributed by atoms with E-state index in [4.69, 9.17) is 9.47 Å². The summed E-state index contributed by atoms with van der Waals surface area (Å²) in [5.41, 5.74) is 0.899. The van der Waals surface area contributed by atoms with Gasteiger partial charge in [-0.1, -0.05) is 6.92 Å². The highest BCUT2D eigenvalue weighted by Crippen LogP contribution is 2.30. The zero-order chi connectivity index (χ0) is 24.9. The van der Waals surface area contributed by atoms with Crippen molar-refractivity contribution in [2.45, 2.75) is 37.3 Å². The number of hydrogen-bond donors (Lipinski definition) is 3. The minimum absolute atomic E-state index is 0.00426. The SMILES string of the molecule is CNC[C@@H]1Oc2ccc(NS(=O)(=O)c3ccc(OC)cc3)cc2CC(=O)N([C@H](C)CO)C[C@H]1C. The van der Waals surface area contributed by atoms with Gasteiger partial charge in [0.2, 0.25) is 5.91 Å². The summed E-state index contributed by atoms with van der Waals surface area (Å²) in [7, 11) is -0.500. The van der Waals surface area contributed by atoms with Crippen LogP contribution in [0.4, 0.5) is 5.69 Å². The Morgan fingerprint density at radius 1 is 1.24 bits per heavy atom. The van der Waals surface area contributed by atoms with Crippen molar-refractivity contribution < 1.29 is 27.8 Å². The van der Waals surface area contributed by atoms with Gasteiger partial charge in [0.1, 0.15) is 17.6 Å². The van der Waals surface area contributed by atoms with Crippen LogP contribution in [-0.4, -0.2) is 70.3 Å². The average Bonchev–Trinajstić information content (AvgIpc) is 2.86. The van der Waals surface area contributed by atoms with Crippen LogP contribution in [0.3, 0.4) is 0 Å². The maximum absolute atomic E-state index is 13.2. The molecular formula is C24H33N3O6S. The highest BCUT2D eigenvalue weighted by Gasteiger charge is 2.30. The van der Waals surface area contributed by atoms with Gasteiger partial charge in [0.15, 0.2) is 0 Å². The van der Waals surface area contributed by atoms with E-state index in [1.807, 2.05) is 14.0 Å². The second-order valence-corrected chi connectivity index (χ2v) is 10.2. The Labute approximate surface area is 201 Å². The number of carbonyl (C=O) groups is 1. The fourth-order valence-corrected chi connectivity index (χ4v) is 4.96. The monoisotopic (exact) mass is 491 g/mol. The Hall–Kier alpha value is -2.82. The number of carbonyl (C=O) groups excluding carboxylic acids is 1. The van der Waals surface area contributed by atoms with Crippen molar-refractivity contribution in [2.24, 2.45) is 5.92 Å². The van der Waals surface area contributed by atoms with Crippen LogP contribution in [0.25, 0.3) is 0 Å². The van der Waals surface area contributed by atoms with E-state index in [1.54, 1.807) is 42.2 Å². The molecule has 1 heterocycles. The number of ether oxygens (including phenoxy) is 2. The van der Waals surface area contributed by atoms with E-state index in [0.29, 0.717) is 35.8 Å². The molecule has 0 radical (unpaired) electrons. The van der Waals surface area contributed by atoms with Crippen molar-refractivity contribution in [3.63, 3.8) is 0 Å². The molecule has 0 aliphatic carbocycles. The molecule has 2 aromatic carbocycles. The molecule has 3 atom stereocenters. The Morgan fingerprint density at radius 3 is 2.56 bits per heavy atom. The largest absolute Gasteiger partial charge is 0.497 e. The molecule has 1 aliphatic rings. The Balaban J connectivity index is 1.94. The average molecular weight is 492 g/mol. The maximum atomic E-state index is 13.2. The van der Waals surface area contributed by atoms with Gasteiger partial charge in [-0.15, -0.1) is 0 Å². The zero-order valence-electron chi connectivity index (χ0n) is 19.9. The molecule has 186 valence electrons. The van der Waals surface area contributed by atoms with Crippen LogP contribution in [0.2, 0.25) is 0 Å². The summed E-state index contributed by atoms with van der Waals surface area (Å²) in [5, 5.41) is 12.8. The van der Waals surface area contributed by atoms with Gasteiger partial charge < -0.3 is 24.8 Å². The minimum atomic E-state index is -3.84. The number of nitrogens with one attached hydrogen (secondary N) is 2. The standard InChI is InChI=1S/C24H33N3O6S/c1-16-14-27(17(2)15-28)24(29)12-18-11-19(5-10-22(18)33-23(16)13-25-3)26-34(30,31)21-8-6-20(32-4)7-9-21/h5-11,16-17,23,25-26,28H,12-15H2,1-4H3/t16-,17-,23+/m1/s1. The zero-order valence-corrected chi connectivity index (χ0v) is 20.8. The summed E-state index contributed by atoms with van der Waals surface area (Å²) in [6.07, 6.45) is -0.193. The first-order valence-corrected chi connectivity index (χ1v) is 12.7. The van der Waals surface area contributed by atoms with Gasteiger partial charge in [0.05, 0.1) is 31.1 Å². The normalized spacial score (nSPS) is 19.8. The van der Waals surface area contributed by atoms with Crippen LogP contribution in [-0.2, 0) is 21.2 Å². The molecule has 1 aliphatic heterocycles. The first-order chi connectivity index (χ1) is 16.2. The van der Waals surface area contributed by atoms with Crippen LogP contribution >= 0.6 is 0 Å². The molecule has 1 amide bonds. The summed E-state index contributed by atoms with van der Waals surface area (Å²) in [6.45, 7) is 4.68. The molecule has 0 spiro atoms. The molecular weight excluding hydrogens is 458 g/mol. The van der Waals surface area contributed by atoms with Crippen molar-refractivity contribution in [3.05, 3.63) is 48.0 Å². The van der Waals surface area contributed by atoms with E-state index in [0.717, 1.165) is 0 Å². The highest BCUT2D eigenvalue weighted by molar-refractivity contribution is 7.92. The maximum Gasteiger partial charge on any atom is 0.261 e. The van der Waals surface area contributed by atoms with Crippen molar-refractivity contribution >= 4 is 21.6 Å². The molecule has 0 aromatic heterocycles. The molecule has 10 heteroatoms.